The van der Waals surface area contributed by atoms with Crippen LogP contribution in [0.5, 0.6) is 0 Å². The van der Waals surface area contributed by atoms with Crippen LogP contribution in [0.15, 0.2) is 23.2 Å². The van der Waals surface area contributed by atoms with E-state index in [0.717, 1.165) is 6.42 Å². The third-order valence-electron chi connectivity index (χ3n) is 4.10. The summed E-state index contributed by atoms with van der Waals surface area (Å²) in [5.74, 6) is -0.554. The molecule has 0 saturated carbocycles. The third-order valence-corrected chi connectivity index (χ3v) is 4.10. The quantitative estimate of drug-likeness (QED) is 0.322. The molecule has 1 aliphatic heterocycles. The van der Waals surface area contributed by atoms with E-state index >= 15 is 0 Å². The normalized spacial score (nSPS) is 16.9. The predicted octanol–water partition coefficient (Wildman–Crippen LogP) is 2.24. The van der Waals surface area contributed by atoms with E-state index in [1.165, 1.54) is 18.2 Å². The van der Waals surface area contributed by atoms with E-state index in [0.29, 0.717) is 32.0 Å². The highest BCUT2D eigenvalue weighted by Gasteiger charge is 2.27. The number of nitrogens with zero attached hydrogens (tertiary/aromatic N) is 2. The van der Waals surface area contributed by atoms with Gasteiger partial charge in [0.15, 0.2) is 5.96 Å². The van der Waals surface area contributed by atoms with E-state index in [1.807, 2.05) is 13.8 Å². The molecule has 0 bridgehead atoms. The molecule has 1 saturated heterocycles. The summed E-state index contributed by atoms with van der Waals surface area (Å²) in [6.45, 7) is 5.32. The summed E-state index contributed by atoms with van der Waals surface area (Å²) in [7, 11) is 1.65. The minimum atomic E-state index is -0.552. The predicted molar refractivity (Wildman–Crippen MR) is 115 cm³/mol. The van der Waals surface area contributed by atoms with E-state index < -0.39 is 11.6 Å². The van der Waals surface area contributed by atoms with E-state index in [4.69, 9.17) is 0 Å². The number of carbonyl (C=O) groups is 1. The number of hydrogen-bond acceptors (Lipinski definition) is 3. The molecule has 27 heavy (non-hydrogen) atoms. The Bertz CT molecular complexity index is 636. The maximum atomic E-state index is 13.9. The minimum absolute atomic E-state index is 0. The number of nitrogens with one attached hydrogen (secondary N) is 3. The average Bonchev–Trinajstić information content (AvgIpc) is 3.01. The Hall–Kier alpha value is -1.65. The number of rotatable bonds is 6. The van der Waals surface area contributed by atoms with Gasteiger partial charge in [-0.15, -0.1) is 24.0 Å². The second-order valence-corrected chi connectivity index (χ2v) is 6.62. The van der Waals surface area contributed by atoms with Crippen molar-refractivity contribution in [2.75, 3.05) is 31.6 Å². The molecule has 1 aliphatic rings. The molecule has 152 valence electrons. The van der Waals surface area contributed by atoms with Crippen LogP contribution in [0.1, 0.15) is 26.7 Å². The van der Waals surface area contributed by atoms with Gasteiger partial charge >= 0.3 is 0 Å². The summed E-state index contributed by atoms with van der Waals surface area (Å²) in [5.41, 5.74) is 0.0186. The molecule has 1 fully saturated rings. The first kappa shape index (κ1) is 23.4. The third kappa shape index (κ3) is 7.11. The highest BCUT2D eigenvalue weighted by Crippen LogP contribution is 2.26. The van der Waals surface area contributed by atoms with Crippen molar-refractivity contribution in [1.29, 1.82) is 0 Å². The van der Waals surface area contributed by atoms with Gasteiger partial charge in [-0.3, -0.25) is 9.79 Å². The number of carbonyl (C=O) groups excluding carboxylic acids is 1. The van der Waals surface area contributed by atoms with Crippen molar-refractivity contribution >= 4 is 41.5 Å². The molecule has 2 rings (SSSR count). The first-order valence-electron chi connectivity index (χ1n) is 8.86. The second kappa shape index (κ2) is 11.3. The average molecular weight is 495 g/mol. The van der Waals surface area contributed by atoms with Crippen molar-refractivity contribution in [2.45, 2.75) is 38.8 Å². The molecule has 0 aromatic heterocycles. The molecule has 1 heterocycles. The first-order valence-corrected chi connectivity index (χ1v) is 8.86. The highest BCUT2D eigenvalue weighted by atomic mass is 127. The smallest absolute Gasteiger partial charge is 0.221 e. The lowest BCUT2D eigenvalue weighted by molar-refractivity contribution is -0.121. The summed E-state index contributed by atoms with van der Waals surface area (Å²) in [6.07, 6.45) is 1.08. The van der Waals surface area contributed by atoms with Gasteiger partial charge in [0.25, 0.3) is 0 Å². The lowest BCUT2D eigenvalue weighted by Crippen LogP contribution is -2.45. The van der Waals surface area contributed by atoms with E-state index in [-0.39, 0.29) is 47.7 Å². The number of anilines is 1. The molecule has 1 unspecified atom stereocenters. The van der Waals surface area contributed by atoms with Crippen LogP contribution in [-0.4, -0.2) is 50.6 Å². The molecule has 1 aromatic rings. The Morgan fingerprint density at radius 3 is 2.59 bits per heavy atom. The number of amides is 1. The van der Waals surface area contributed by atoms with Crippen LogP contribution in [0, 0.1) is 11.6 Å². The summed E-state index contributed by atoms with van der Waals surface area (Å²) >= 11 is 0. The fourth-order valence-electron chi connectivity index (χ4n) is 2.95. The molecule has 1 aromatic carbocycles. The van der Waals surface area contributed by atoms with Crippen LogP contribution in [-0.2, 0) is 4.79 Å². The van der Waals surface area contributed by atoms with Crippen LogP contribution in [0.3, 0.4) is 0 Å². The maximum absolute atomic E-state index is 13.9. The molecule has 0 aliphatic carbocycles. The number of para-hydroxylation sites is 1. The molecular formula is C18H28F2IN5O. The standard InChI is InChI=1S/C18H27F2N5O.HI/c1-12(2)23-16(26)7-9-22-18(21-3)24-13-8-10-25(11-13)17-14(19)5-4-6-15(17)20;/h4-6,12-13H,7-11H2,1-3H3,(H,23,26)(H2,21,22,24);1H. The summed E-state index contributed by atoms with van der Waals surface area (Å²) in [4.78, 5) is 17.5. The zero-order chi connectivity index (χ0) is 19.1. The summed E-state index contributed by atoms with van der Waals surface area (Å²) in [5, 5.41) is 9.15. The van der Waals surface area contributed by atoms with Crippen LogP contribution in [0.25, 0.3) is 0 Å². The van der Waals surface area contributed by atoms with E-state index in [9.17, 15) is 13.6 Å². The van der Waals surface area contributed by atoms with Crippen LogP contribution in [0.4, 0.5) is 14.5 Å². The Morgan fingerprint density at radius 2 is 2.00 bits per heavy atom. The molecule has 0 spiro atoms. The van der Waals surface area contributed by atoms with E-state index in [2.05, 4.69) is 20.9 Å². The first-order chi connectivity index (χ1) is 12.4. The van der Waals surface area contributed by atoms with Crippen LogP contribution in [0.2, 0.25) is 0 Å². The molecular weight excluding hydrogens is 467 g/mol. The molecule has 6 nitrogen and oxygen atoms in total. The molecule has 0 radical (unpaired) electrons. The largest absolute Gasteiger partial charge is 0.365 e. The molecule has 1 amide bonds. The van der Waals surface area contributed by atoms with Crippen molar-refractivity contribution in [1.82, 2.24) is 16.0 Å². The lowest BCUT2D eigenvalue weighted by atomic mass is 10.2. The van der Waals surface area contributed by atoms with Crippen LogP contribution >= 0.6 is 24.0 Å². The molecule has 9 heteroatoms. The van der Waals surface area contributed by atoms with Gasteiger partial charge in [0.05, 0.1) is 0 Å². The van der Waals surface area contributed by atoms with E-state index in [1.54, 1.807) is 11.9 Å². The zero-order valence-corrected chi connectivity index (χ0v) is 18.2. The summed E-state index contributed by atoms with van der Waals surface area (Å²) in [6, 6.07) is 4.03. The Labute approximate surface area is 176 Å². The number of benzene rings is 1. The van der Waals surface area contributed by atoms with Gasteiger partial charge in [0, 0.05) is 45.2 Å². The Balaban J connectivity index is 0.00000364. The van der Waals surface area contributed by atoms with Crippen LogP contribution < -0.4 is 20.9 Å². The van der Waals surface area contributed by atoms with Crippen molar-refractivity contribution < 1.29 is 13.6 Å². The molecule has 3 N–H and O–H groups in total. The minimum Gasteiger partial charge on any atom is -0.365 e. The van der Waals surface area contributed by atoms with Gasteiger partial charge < -0.3 is 20.9 Å². The van der Waals surface area contributed by atoms with Gasteiger partial charge in [-0.2, -0.15) is 0 Å². The number of guanidine groups is 1. The number of hydrogen-bond donors (Lipinski definition) is 3. The number of aliphatic imine (C=N–C) groups is 1. The van der Waals surface area contributed by atoms with Gasteiger partial charge in [-0.25, -0.2) is 8.78 Å². The van der Waals surface area contributed by atoms with Crippen molar-refractivity contribution in [3.63, 3.8) is 0 Å². The molecule has 1 atom stereocenters. The van der Waals surface area contributed by atoms with Gasteiger partial charge in [-0.05, 0) is 32.4 Å². The zero-order valence-electron chi connectivity index (χ0n) is 15.9. The second-order valence-electron chi connectivity index (χ2n) is 6.62. The van der Waals surface area contributed by atoms with Crippen molar-refractivity contribution in [3.8, 4) is 0 Å². The topological polar surface area (TPSA) is 68.8 Å². The number of halogens is 3. The highest BCUT2D eigenvalue weighted by molar-refractivity contribution is 14.0. The Kier molecular flexibility index (Phi) is 9.75. The van der Waals surface area contributed by atoms with Crippen molar-refractivity contribution in [2.24, 2.45) is 4.99 Å². The fraction of sp³-hybridized carbons (Fsp3) is 0.556. The fourth-order valence-corrected chi connectivity index (χ4v) is 2.95. The van der Waals surface area contributed by atoms with Gasteiger partial charge in [-0.1, -0.05) is 6.07 Å². The SMILES string of the molecule is CN=C(NCCC(=O)NC(C)C)NC1CCN(c2c(F)cccc2F)C1.I. The van der Waals surface area contributed by atoms with Crippen molar-refractivity contribution in [3.05, 3.63) is 29.8 Å². The summed E-state index contributed by atoms with van der Waals surface area (Å²) < 4.78 is 27.8. The van der Waals surface area contributed by atoms with Gasteiger partial charge in [0.2, 0.25) is 5.91 Å². The lowest BCUT2D eigenvalue weighted by Gasteiger charge is -2.21. The maximum Gasteiger partial charge on any atom is 0.221 e. The Morgan fingerprint density at radius 1 is 1.33 bits per heavy atom. The van der Waals surface area contributed by atoms with Gasteiger partial charge in [0.1, 0.15) is 17.3 Å². The monoisotopic (exact) mass is 495 g/mol.